The topological polar surface area (TPSA) is 68.3 Å². The van der Waals surface area contributed by atoms with Gasteiger partial charge in [-0.05, 0) is 24.3 Å². The summed E-state index contributed by atoms with van der Waals surface area (Å²) in [5.41, 5.74) is -2.32. The van der Waals surface area contributed by atoms with E-state index in [9.17, 15) is 19.2 Å². The maximum atomic E-state index is 11.2. The van der Waals surface area contributed by atoms with Gasteiger partial charge in [-0.1, -0.05) is 0 Å². The first kappa shape index (κ1) is 8.50. The Hall–Kier alpha value is -2.10. The smallest absolute Gasteiger partial charge is 0.190 e. The molecule has 0 saturated carbocycles. The average molecular weight is 188 g/mol. The fourth-order valence-electron chi connectivity index (χ4n) is 1.37. The third kappa shape index (κ3) is 1.01. The molecule has 0 N–H and O–H groups in total. The minimum Gasteiger partial charge on any atom is -0.289 e. The average Bonchev–Trinajstić information content (AvgIpc) is 2.16. The first-order valence-corrected chi connectivity index (χ1v) is 3.89. The number of rotatable bonds is 0. The van der Waals surface area contributed by atoms with Crippen LogP contribution in [0.5, 0.6) is 0 Å². The molecule has 4 heteroatoms. The van der Waals surface area contributed by atoms with Gasteiger partial charge >= 0.3 is 0 Å². The highest BCUT2D eigenvalue weighted by Gasteiger charge is 2.04. The number of hydrogen-bond donors (Lipinski definition) is 0. The molecule has 2 rings (SSSR count). The van der Waals surface area contributed by atoms with E-state index in [4.69, 9.17) is 0 Å². The second-order valence-corrected chi connectivity index (χ2v) is 2.87. The Balaban J connectivity index is 3.58. The van der Waals surface area contributed by atoms with E-state index in [1.807, 2.05) is 0 Å². The van der Waals surface area contributed by atoms with Crippen molar-refractivity contribution in [3.05, 3.63) is 75.6 Å². The van der Waals surface area contributed by atoms with Crippen LogP contribution in [0.25, 0.3) is 0 Å². The Labute approximate surface area is 76.4 Å². The van der Waals surface area contributed by atoms with Crippen LogP contribution in [0.4, 0.5) is 0 Å². The molecule has 0 unspecified atom stereocenters. The molecule has 0 atom stereocenters. The fourth-order valence-corrected chi connectivity index (χ4v) is 1.37. The quantitative estimate of drug-likeness (QED) is 0.516. The van der Waals surface area contributed by atoms with Gasteiger partial charge in [0.25, 0.3) is 0 Å². The number of hydrogen-bond acceptors (Lipinski definition) is 4. The van der Waals surface area contributed by atoms with Gasteiger partial charge in [0, 0.05) is 0 Å². The molecule has 4 nitrogen and oxygen atoms in total. The van der Waals surface area contributed by atoms with Crippen LogP contribution in [0.1, 0.15) is 0 Å². The SMILES string of the molecule is O=c1ccc(=O)c2c(=O)ccc(=O)c1=2. The minimum absolute atomic E-state index is 0.301. The van der Waals surface area contributed by atoms with Gasteiger partial charge in [-0.15, -0.1) is 0 Å². The van der Waals surface area contributed by atoms with E-state index >= 15 is 0 Å². The van der Waals surface area contributed by atoms with E-state index in [0.29, 0.717) is 0 Å². The molecular weight excluding hydrogens is 184 g/mol. The second-order valence-electron chi connectivity index (χ2n) is 2.87. The van der Waals surface area contributed by atoms with Gasteiger partial charge in [0.2, 0.25) is 0 Å². The lowest BCUT2D eigenvalue weighted by molar-refractivity contribution is 1.28. The van der Waals surface area contributed by atoms with Crippen LogP contribution in [0, 0.1) is 10.4 Å². The first-order valence-electron chi connectivity index (χ1n) is 3.89. The van der Waals surface area contributed by atoms with E-state index < -0.39 is 21.7 Å². The molecule has 0 aromatic rings. The lowest BCUT2D eigenvalue weighted by Crippen LogP contribution is -2.26. The molecule has 0 saturated heterocycles. The molecule has 0 heterocycles. The highest BCUT2D eigenvalue weighted by atomic mass is 16.1. The summed E-state index contributed by atoms with van der Waals surface area (Å²) in [6, 6.07) is 4.02. The van der Waals surface area contributed by atoms with Crippen LogP contribution < -0.4 is 21.7 Å². The van der Waals surface area contributed by atoms with Crippen molar-refractivity contribution in [3.8, 4) is 0 Å². The second kappa shape index (κ2) is 2.70. The summed E-state index contributed by atoms with van der Waals surface area (Å²) in [6.45, 7) is 0. The molecule has 0 aromatic heterocycles. The van der Waals surface area contributed by atoms with E-state index in [0.717, 1.165) is 24.3 Å². The predicted molar refractivity (Wildman–Crippen MR) is 49.2 cm³/mol. The van der Waals surface area contributed by atoms with E-state index in [2.05, 4.69) is 0 Å². The Bertz CT molecular complexity index is 623. The van der Waals surface area contributed by atoms with Gasteiger partial charge < -0.3 is 0 Å². The molecule has 0 amide bonds. The molecular formula is C10H4O4. The van der Waals surface area contributed by atoms with Crippen LogP contribution in [0.15, 0.2) is 43.4 Å². The zero-order valence-corrected chi connectivity index (χ0v) is 6.94. The summed E-state index contributed by atoms with van der Waals surface area (Å²) in [6.07, 6.45) is 0. The third-order valence-corrected chi connectivity index (χ3v) is 2.01. The zero-order valence-electron chi connectivity index (χ0n) is 6.94. The van der Waals surface area contributed by atoms with Crippen LogP contribution in [-0.4, -0.2) is 0 Å². The summed E-state index contributed by atoms with van der Waals surface area (Å²) in [5, 5.41) is -0.602. The molecule has 0 radical (unpaired) electrons. The van der Waals surface area contributed by atoms with Crippen molar-refractivity contribution in [1.29, 1.82) is 0 Å². The highest BCUT2D eigenvalue weighted by molar-refractivity contribution is 5.17. The molecule has 0 aromatic carbocycles. The van der Waals surface area contributed by atoms with E-state index in [1.54, 1.807) is 0 Å². The van der Waals surface area contributed by atoms with Crippen molar-refractivity contribution in [2.75, 3.05) is 0 Å². The maximum Gasteiger partial charge on any atom is 0.190 e. The van der Waals surface area contributed by atoms with Crippen molar-refractivity contribution in [1.82, 2.24) is 0 Å². The first-order chi connectivity index (χ1) is 6.61. The van der Waals surface area contributed by atoms with Crippen molar-refractivity contribution in [2.45, 2.75) is 0 Å². The monoisotopic (exact) mass is 188 g/mol. The van der Waals surface area contributed by atoms with Gasteiger partial charge in [0.05, 0.1) is 10.4 Å². The molecule has 0 aliphatic heterocycles. The van der Waals surface area contributed by atoms with Crippen LogP contribution >= 0.6 is 0 Å². The largest absolute Gasteiger partial charge is 0.289 e. The standard InChI is InChI=1S/C10H4O4/c11-5-1-2-6(12)10-8(14)4-3-7(13)9(5)10/h1-4H. The Morgan fingerprint density at radius 1 is 0.500 bits per heavy atom. The maximum absolute atomic E-state index is 11.2. The van der Waals surface area contributed by atoms with Gasteiger partial charge in [-0.3, -0.25) is 19.2 Å². The zero-order chi connectivity index (χ0) is 10.3. The summed E-state index contributed by atoms with van der Waals surface area (Å²) in [7, 11) is 0. The Kier molecular flexibility index (Phi) is 1.64. The molecule has 0 bridgehead atoms. The predicted octanol–water partition coefficient (Wildman–Crippen LogP) is -1.27. The highest BCUT2D eigenvalue weighted by Crippen LogP contribution is 1.76. The van der Waals surface area contributed by atoms with E-state index in [-0.39, 0.29) is 10.4 Å². The molecule has 0 spiro atoms. The lowest BCUT2D eigenvalue weighted by atomic mass is 10.1. The Morgan fingerprint density at radius 3 is 0.929 bits per heavy atom. The van der Waals surface area contributed by atoms with Crippen molar-refractivity contribution >= 4 is 0 Å². The third-order valence-electron chi connectivity index (χ3n) is 2.01. The molecule has 0 fully saturated rings. The van der Waals surface area contributed by atoms with E-state index in [1.165, 1.54) is 0 Å². The summed E-state index contributed by atoms with van der Waals surface area (Å²) in [4.78, 5) is 44.9. The fraction of sp³-hybridized carbons (Fsp3) is 0. The van der Waals surface area contributed by atoms with Gasteiger partial charge in [0.1, 0.15) is 0 Å². The normalized spacial score (nSPS) is 10.6. The molecule has 2 aliphatic carbocycles. The summed E-state index contributed by atoms with van der Waals surface area (Å²) < 4.78 is 0. The van der Waals surface area contributed by atoms with Crippen LogP contribution in [-0.2, 0) is 0 Å². The van der Waals surface area contributed by atoms with Gasteiger partial charge in [0.15, 0.2) is 21.7 Å². The van der Waals surface area contributed by atoms with Crippen molar-refractivity contribution < 1.29 is 0 Å². The molecule has 14 heavy (non-hydrogen) atoms. The molecule has 68 valence electrons. The lowest BCUT2D eigenvalue weighted by Gasteiger charge is -1.86. The molecule has 2 aliphatic rings. The van der Waals surface area contributed by atoms with Crippen LogP contribution in [0.3, 0.4) is 0 Å². The van der Waals surface area contributed by atoms with Crippen molar-refractivity contribution in [2.24, 2.45) is 0 Å². The van der Waals surface area contributed by atoms with Gasteiger partial charge in [-0.2, -0.15) is 0 Å². The van der Waals surface area contributed by atoms with Crippen molar-refractivity contribution in [3.63, 3.8) is 0 Å². The summed E-state index contributed by atoms with van der Waals surface area (Å²) >= 11 is 0. The Morgan fingerprint density at radius 2 is 0.714 bits per heavy atom. The van der Waals surface area contributed by atoms with Crippen LogP contribution in [0.2, 0.25) is 0 Å². The van der Waals surface area contributed by atoms with Gasteiger partial charge in [-0.25, -0.2) is 0 Å². The minimum atomic E-state index is -0.581. The summed E-state index contributed by atoms with van der Waals surface area (Å²) in [5.74, 6) is 0.